The van der Waals surface area contributed by atoms with Gasteiger partial charge in [0.1, 0.15) is 5.00 Å². The van der Waals surface area contributed by atoms with Gasteiger partial charge in [0.05, 0.1) is 5.56 Å². The van der Waals surface area contributed by atoms with Gasteiger partial charge >= 0.3 is 10.2 Å². The van der Waals surface area contributed by atoms with Crippen molar-refractivity contribution in [2.75, 3.05) is 4.72 Å². The second kappa shape index (κ2) is 2.46. The van der Waals surface area contributed by atoms with Gasteiger partial charge in [-0.2, -0.15) is 8.42 Å². The average Bonchev–Trinajstić information content (AvgIpc) is 2.28. The number of carbonyl (C=O) groups is 1. The molecule has 0 spiro atoms. The van der Waals surface area contributed by atoms with Crippen molar-refractivity contribution in [1.82, 2.24) is 4.72 Å². The summed E-state index contributed by atoms with van der Waals surface area (Å²) in [5.74, 6) is -0.562. The number of amides is 1. The van der Waals surface area contributed by atoms with Crippen LogP contribution in [0, 0.1) is 6.92 Å². The first-order valence-corrected chi connectivity index (χ1v) is 5.79. The number of hydrogen-bond donors (Lipinski definition) is 2. The minimum atomic E-state index is -3.67. The molecule has 2 rings (SSSR count). The number of fused-ring (bicyclic) bond motifs is 1. The summed E-state index contributed by atoms with van der Waals surface area (Å²) < 4.78 is 26.1. The highest BCUT2D eigenvalue weighted by Crippen LogP contribution is 2.30. The molecule has 1 aliphatic heterocycles. The van der Waals surface area contributed by atoms with E-state index in [9.17, 15) is 13.2 Å². The summed E-state index contributed by atoms with van der Waals surface area (Å²) in [6, 6.07) is 0. The highest BCUT2D eigenvalue weighted by atomic mass is 32.2. The van der Waals surface area contributed by atoms with Crippen LogP contribution in [0.15, 0.2) is 5.38 Å². The van der Waals surface area contributed by atoms with E-state index in [-0.39, 0.29) is 0 Å². The monoisotopic (exact) mass is 218 g/mol. The predicted molar refractivity (Wildman–Crippen MR) is 49.1 cm³/mol. The molecule has 5 nitrogen and oxygen atoms in total. The maximum Gasteiger partial charge on any atom is 0.324 e. The summed E-state index contributed by atoms with van der Waals surface area (Å²) in [7, 11) is -3.67. The van der Waals surface area contributed by atoms with E-state index in [1.165, 1.54) is 11.3 Å². The van der Waals surface area contributed by atoms with Crippen LogP contribution in [0.3, 0.4) is 0 Å². The van der Waals surface area contributed by atoms with Gasteiger partial charge in [-0.25, -0.2) is 4.72 Å². The quantitative estimate of drug-likeness (QED) is 0.664. The lowest BCUT2D eigenvalue weighted by atomic mass is 10.2. The van der Waals surface area contributed by atoms with Crippen LogP contribution in [0.2, 0.25) is 0 Å². The molecule has 13 heavy (non-hydrogen) atoms. The number of anilines is 1. The number of nitrogens with one attached hydrogen (secondary N) is 2. The van der Waals surface area contributed by atoms with E-state index in [1.54, 1.807) is 12.3 Å². The van der Waals surface area contributed by atoms with Gasteiger partial charge in [-0.1, -0.05) is 0 Å². The fourth-order valence-corrected chi connectivity index (χ4v) is 3.17. The zero-order valence-corrected chi connectivity index (χ0v) is 8.25. The van der Waals surface area contributed by atoms with E-state index in [2.05, 4.69) is 4.72 Å². The first-order valence-electron chi connectivity index (χ1n) is 3.42. The molecule has 0 fully saturated rings. The SMILES string of the molecule is Cc1csc2c1C(=O)NS(=O)(=O)N2. The van der Waals surface area contributed by atoms with Gasteiger partial charge in [-0.3, -0.25) is 9.52 Å². The maximum atomic E-state index is 11.3. The zero-order valence-electron chi connectivity index (χ0n) is 6.62. The van der Waals surface area contributed by atoms with Crippen LogP contribution < -0.4 is 9.44 Å². The Morgan fingerprint density at radius 2 is 2.08 bits per heavy atom. The summed E-state index contributed by atoms with van der Waals surface area (Å²) in [5, 5.41) is 2.12. The van der Waals surface area contributed by atoms with Crippen LogP contribution in [0.5, 0.6) is 0 Å². The first-order chi connectivity index (χ1) is 5.99. The molecule has 0 saturated carbocycles. The molecule has 2 heterocycles. The van der Waals surface area contributed by atoms with E-state index in [0.29, 0.717) is 10.6 Å². The molecule has 1 amide bonds. The molecule has 0 unspecified atom stereocenters. The Hall–Kier alpha value is -1.08. The number of rotatable bonds is 0. The molecule has 0 bridgehead atoms. The van der Waals surface area contributed by atoms with Crippen LogP contribution in [-0.4, -0.2) is 14.3 Å². The van der Waals surface area contributed by atoms with Gasteiger partial charge < -0.3 is 0 Å². The van der Waals surface area contributed by atoms with E-state index in [0.717, 1.165) is 5.56 Å². The van der Waals surface area contributed by atoms with Crippen LogP contribution in [-0.2, 0) is 10.2 Å². The maximum absolute atomic E-state index is 11.3. The van der Waals surface area contributed by atoms with Crippen molar-refractivity contribution >= 4 is 32.5 Å². The molecular formula is C6H6N2O3S2. The summed E-state index contributed by atoms with van der Waals surface area (Å²) in [6.45, 7) is 1.76. The molecule has 70 valence electrons. The number of aryl methyl sites for hydroxylation is 1. The minimum absolute atomic E-state index is 0.390. The van der Waals surface area contributed by atoms with E-state index < -0.39 is 16.1 Å². The second-order valence-electron chi connectivity index (χ2n) is 2.66. The second-order valence-corrected chi connectivity index (χ2v) is 4.95. The number of hydrogen-bond acceptors (Lipinski definition) is 4. The van der Waals surface area contributed by atoms with Crippen LogP contribution in [0.4, 0.5) is 5.00 Å². The normalized spacial score (nSPS) is 18.7. The van der Waals surface area contributed by atoms with Crippen LogP contribution in [0.1, 0.15) is 15.9 Å². The van der Waals surface area contributed by atoms with Gasteiger partial charge in [-0.05, 0) is 17.9 Å². The average molecular weight is 218 g/mol. The Labute approximate surface area is 79.0 Å². The van der Waals surface area contributed by atoms with Crippen molar-refractivity contribution < 1.29 is 13.2 Å². The molecule has 2 N–H and O–H groups in total. The van der Waals surface area contributed by atoms with E-state index in [1.807, 2.05) is 4.72 Å². The summed E-state index contributed by atoms with van der Waals surface area (Å²) >= 11 is 1.21. The third-order valence-electron chi connectivity index (χ3n) is 1.66. The fraction of sp³-hybridized carbons (Fsp3) is 0.167. The van der Waals surface area contributed by atoms with Crippen molar-refractivity contribution in [3.63, 3.8) is 0 Å². The Morgan fingerprint density at radius 1 is 1.38 bits per heavy atom. The Balaban J connectivity index is 2.63. The lowest BCUT2D eigenvalue weighted by Gasteiger charge is -2.14. The van der Waals surface area contributed by atoms with E-state index >= 15 is 0 Å². The van der Waals surface area contributed by atoms with Gasteiger partial charge in [0.25, 0.3) is 5.91 Å². The predicted octanol–water partition coefficient (Wildman–Crippen LogP) is 0.457. The Kier molecular flexibility index (Phi) is 1.61. The topological polar surface area (TPSA) is 75.3 Å². The molecule has 7 heteroatoms. The third kappa shape index (κ3) is 1.29. The largest absolute Gasteiger partial charge is 0.324 e. The molecule has 0 radical (unpaired) electrons. The van der Waals surface area contributed by atoms with E-state index in [4.69, 9.17) is 0 Å². The molecule has 1 aliphatic rings. The van der Waals surface area contributed by atoms with Gasteiger partial charge in [0, 0.05) is 0 Å². The summed E-state index contributed by atoms with van der Waals surface area (Å²) in [6.07, 6.45) is 0. The Bertz CT molecular complexity index is 474. The van der Waals surface area contributed by atoms with Crippen LogP contribution in [0.25, 0.3) is 0 Å². The van der Waals surface area contributed by atoms with Gasteiger partial charge in [0.2, 0.25) is 0 Å². The molecule has 0 aliphatic carbocycles. The molecular weight excluding hydrogens is 212 g/mol. The van der Waals surface area contributed by atoms with Gasteiger partial charge in [-0.15, -0.1) is 11.3 Å². The smallest absolute Gasteiger partial charge is 0.268 e. The molecule has 1 aromatic rings. The standard InChI is InChI=1S/C6H6N2O3S2/c1-3-2-12-6-4(3)5(9)7-13(10,11)8-6/h2,8H,1H3,(H,7,9). The molecule has 0 atom stereocenters. The summed E-state index contributed by atoms with van der Waals surface area (Å²) in [4.78, 5) is 11.3. The van der Waals surface area contributed by atoms with Crippen molar-refractivity contribution in [2.24, 2.45) is 0 Å². The van der Waals surface area contributed by atoms with Crippen LogP contribution >= 0.6 is 11.3 Å². The minimum Gasteiger partial charge on any atom is -0.268 e. The molecule has 0 aromatic carbocycles. The lowest BCUT2D eigenvalue weighted by Crippen LogP contribution is -2.39. The molecule has 1 aromatic heterocycles. The Morgan fingerprint density at radius 3 is 2.77 bits per heavy atom. The molecule has 0 saturated heterocycles. The summed E-state index contributed by atoms with van der Waals surface area (Å²) in [5.41, 5.74) is 1.19. The zero-order chi connectivity index (χ0) is 9.64. The first kappa shape index (κ1) is 8.52. The highest BCUT2D eigenvalue weighted by molar-refractivity contribution is 7.91. The highest BCUT2D eigenvalue weighted by Gasteiger charge is 2.28. The fourth-order valence-electron chi connectivity index (χ4n) is 1.12. The van der Waals surface area contributed by atoms with Crippen molar-refractivity contribution in [1.29, 1.82) is 0 Å². The number of carbonyl (C=O) groups excluding carboxylic acids is 1. The third-order valence-corrected chi connectivity index (χ3v) is 3.73. The van der Waals surface area contributed by atoms with Gasteiger partial charge in [0.15, 0.2) is 0 Å². The van der Waals surface area contributed by atoms with Crippen molar-refractivity contribution in [3.05, 3.63) is 16.5 Å². The lowest BCUT2D eigenvalue weighted by molar-refractivity contribution is 0.0981. The van der Waals surface area contributed by atoms with Crippen molar-refractivity contribution in [3.8, 4) is 0 Å². The van der Waals surface area contributed by atoms with Crippen molar-refractivity contribution in [2.45, 2.75) is 6.92 Å². The number of thiophene rings is 1.